The first kappa shape index (κ1) is 31.6. The zero-order valence-electron chi connectivity index (χ0n) is 23.6. The van der Waals surface area contributed by atoms with Gasteiger partial charge in [-0.2, -0.15) is 0 Å². The summed E-state index contributed by atoms with van der Waals surface area (Å²) in [6.07, 6.45) is -0.818. The predicted octanol–water partition coefficient (Wildman–Crippen LogP) is 2.42. The zero-order valence-corrected chi connectivity index (χ0v) is 25.2. The number of hydrogen-bond donors (Lipinski definition) is 3. The quantitative estimate of drug-likeness (QED) is 0.287. The van der Waals surface area contributed by atoms with Crippen LogP contribution in [0.5, 0.6) is 0 Å². The number of carbonyl (C=O) groups excluding carboxylic acids is 4. The number of aryl methyl sites for hydroxylation is 1. The molecule has 0 radical (unpaired) electrons. The van der Waals surface area contributed by atoms with Gasteiger partial charge in [-0.25, -0.2) is 27.5 Å². The molecule has 2 aromatic carbocycles. The topological polar surface area (TPSA) is 185 Å². The third-order valence-corrected chi connectivity index (χ3v) is 8.94. The zero-order chi connectivity index (χ0) is 31.7. The van der Waals surface area contributed by atoms with Crippen LogP contribution in [0.1, 0.15) is 47.1 Å². The molecule has 0 saturated carbocycles. The third kappa shape index (κ3) is 7.00. The number of carboxylic acids is 1. The second-order valence-corrected chi connectivity index (χ2v) is 13.4. The van der Waals surface area contributed by atoms with Crippen molar-refractivity contribution in [2.24, 2.45) is 0 Å². The van der Waals surface area contributed by atoms with E-state index in [9.17, 15) is 37.5 Å². The molecule has 4 rings (SSSR count). The van der Waals surface area contributed by atoms with Gasteiger partial charge in [0, 0.05) is 11.3 Å². The highest BCUT2D eigenvalue weighted by Gasteiger charge is 2.54. The minimum atomic E-state index is -4.24. The number of benzene rings is 2. The Kier molecular flexibility index (Phi) is 8.87. The van der Waals surface area contributed by atoms with Crippen molar-refractivity contribution < 1.29 is 47.0 Å². The van der Waals surface area contributed by atoms with Gasteiger partial charge in [0.2, 0.25) is 0 Å². The average molecular weight is 632 g/mol. The second-order valence-electron chi connectivity index (χ2n) is 10.7. The van der Waals surface area contributed by atoms with E-state index in [0.29, 0.717) is 0 Å². The van der Waals surface area contributed by atoms with Crippen molar-refractivity contribution in [2.45, 2.75) is 49.6 Å². The summed E-state index contributed by atoms with van der Waals surface area (Å²) in [5, 5.41) is 11.6. The Hall–Kier alpha value is -4.37. The number of rotatable bonds is 8. The van der Waals surface area contributed by atoms with Crippen LogP contribution in [0.4, 0.5) is 4.79 Å². The third-order valence-electron chi connectivity index (χ3n) is 6.25. The van der Waals surface area contributed by atoms with Gasteiger partial charge in [0.05, 0.1) is 16.0 Å². The number of β-lactam (4-membered cyclic amide) rings is 1. The fraction of sp³-hybridized carbons (Fsp3) is 0.321. The Bertz CT molecular complexity index is 1630. The molecule has 2 aromatic rings. The van der Waals surface area contributed by atoms with Gasteiger partial charge in [-0.15, -0.1) is 11.8 Å². The fourth-order valence-corrected chi connectivity index (χ4v) is 6.57. The number of thioether (sulfide) groups is 1. The molecule has 3 amide bonds. The molecular formula is C28H29N3O10S2. The van der Waals surface area contributed by atoms with Crippen LogP contribution in [0.15, 0.2) is 64.7 Å². The van der Waals surface area contributed by atoms with Crippen LogP contribution < -0.4 is 10.0 Å². The van der Waals surface area contributed by atoms with E-state index in [-0.39, 0.29) is 33.0 Å². The van der Waals surface area contributed by atoms with Crippen LogP contribution in [-0.2, 0) is 29.1 Å². The van der Waals surface area contributed by atoms with Crippen molar-refractivity contribution in [3.8, 4) is 0 Å². The number of sulfonamides is 1. The molecule has 0 unspecified atom stereocenters. The van der Waals surface area contributed by atoms with Crippen molar-refractivity contribution in [2.75, 3.05) is 12.4 Å². The van der Waals surface area contributed by atoms with Crippen LogP contribution in [0.25, 0.3) is 0 Å². The highest BCUT2D eigenvalue weighted by Crippen LogP contribution is 2.40. The van der Waals surface area contributed by atoms with E-state index in [1.807, 2.05) is 4.72 Å². The van der Waals surface area contributed by atoms with Gasteiger partial charge >= 0.3 is 18.0 Å². The number of carboxylic acid groups (broad SMARTS) is 1. The number of nitrogens with zero attached hydrogens (tertiary/aromatic N) is 1. The Balaban J connectivity index is 1.47. The summed E-state index contributed by atoms with van der Waals surface area (Å²) in [7, 11) is -4.24. The summed E-state index contributed by atoms with van der Waals surface area (Å²) in [6, 6.07) is 10.2. The normalized spacial score (nSPS) is 18.2. The van der Waals surface area contributed by atoms with Gasteiger partial charge < -0.3 is 19.9 Å². The summed E-state index contributed by atoms with van der Waals surface area (Å²) in [5.41, 5.74) is -0.757. The summed E-state index contributed by atoms with van der Waals surface area (Å²) in [6.45, 7) is 6.24. The summed E-state index contributed by atoms with van der Waals surface area (Å²) >= 11 is 1.17. The number of fused-ring (bicyclic) bond motifs is 1. The van der Waals surface area contributed by atoms with E-state index in [2.05, 4.69) is 5.32 Å². The van der Waals surface area contributed by atoms with Gasteiger partial charge in [0.25, 0.3) is 21.8 Å². The number of hydrogen-bond acceptors (Lipinski definition) is 10. The van der Waals surface area contributed by atoms with Crippen LogP contribution in [0.2, 0.25) is 0 Å². The molecule has 1 fully saturated rings. The number of ether oxygens (including phenoxy) is 2. The number of esters is 1. The van der Waals surface area contributed by atoms with Crippen molar-refractivity contribution >= 4 is 51.6 Å². The molecule has 43 heavy (non-hydrogen) atoms. The van der Waals surface area contributed by atoms with E-state index in [0.717, 1.165) is 10.5 Å². The van der Waals surface area contributed by atoms with Crippen molar-refractivity contribution in [1.82, 2.24) is 14.9 Å². The fourth-order valence-electron chi connectivity index (χ4n) is 4.27. The molecule has 3 N–H and O–H groups in total. The minimum Gasteiger partial charge on any atom is -0.477 e. The van der Waals surface area contributed by atoms with Crippen LogP contribution in [0.3, 0.4) is 0 Å². The van der Waals surface area contributed by atoms with E-state index < -0.39 is 63.5 Å². The Morgan fingerprint density at radius 1 is 1.05 bits per heavy atom. The van der Waals surface area contributed by atoms with E-state index in [4.69, 9.17) is 9.47 Å². The lowest BCUT2D eigenvalue weighted by Crippen LogP contribution is -2.70. The highest BCUT2D eigenvalue weighted by atomic mass is 32.2. The molecule has 0 aliphatic carbocycles. The Morgan fingerprint density at radius 2 is 1.67 bits per heavy atom. The Labute approximate surface area is 251 Å². The molecule has 2 heterocycles. The lowest BCUT2D eigenvalue weighted by atomic mass is 10.0. The van der Waals surface area contributed by atoms with Crippen LogP contribution in [0, 0.1) is 6.92 Å². The summed E-state index contributed by atoms with van der Waals surface area (Å²) in [4.78, 5) is 63.9. The maximum Gasteiger partial charge on any atom is 0.408 e. The number of aliphatic carboxylic acids is 1. The average Bonchev–Trinajstić information content (AvgIpc) is 2.93. The minimum absolute atomic E-state index is 0.0623. The summed E-state index contributed by atoms with van der Waals surface area (Å²) < 4.78 is 37.8. The molecule has 2 aliphatic rings. The molecule has 0 aromatic heterocycles. The van der Waals surface area contributed by atoms with Gasteiger partial charge in [-0.1, -0.05) is 29.8 Å². The van der Waals surface area contributed by atoms with Gasteiger partial charge in [-0.3, -0.25) is 14.5 Å². The summed E-state index contributed by atoms with van der Waals surface area (Å²) in [5.74, 6) is -4.11. The van der Waals surface area contributed by atoms with Gasteiger partial charge in [0.15, 0.2) is 0 Å². The first-order valence-electron chi connectivity index (χ1n) is 12.9. The maximum absolute atomic E-state index is 13.0. The monoisotopic (exact) mass is 631 g/mol. The molecule has 2 aliphatic heterocycles. The van der Waals surface area contributed by atoms with Crippen molar-refractivity contribution in [1.29, 1.82) is 0 Å². The smallest absolute Gasteiger partial charge is 0.408 e. The predicted molar refractivity (Wildman–Crippen MR) is 153 cm³/mol. The van der Waals surface area contributed by atoms with E-state index >= 15 is 0 Å². The first-order valence-corrected chi connectivity index (χ1v) is 15.4. The SMILES string of the molecule is Cc1ccc(S(=O)(=O)NC(=O)c2ccccc2C(=O)OCC2=C(C(=O)O)N3C(=O)[C@@H](NC(=O)OC(C)(C)C)[C@H]3SC2)cc1. The number of alkyl carbamates (subject to hydrolysis) is 1. The maximum atomic E-state index is 13.0. The largest absolute Gasteiger partial charge is 0.477 e. The first-order chi connectivity index (χ1) is 20.1. The van der Waals surface area contributed by atoms with Crippen LogP contribution >= 0.6 is 11.8 Å². The molecular weight excluding hydrogens is 602 g/mol. The molecule has 1 saturated heterocycles. The van der Waals surface area contributed by atoms with Crippen molar-refractivity contribution in [3.63, 3.8) is 0 Å². The lowest BCUT2D eigenvalue weighted by Gasteiger charge is -2.49. The second kappa shape index (κ2) is 12.1. The van der Waals surface area contributed by atoms with Gasteiger partial charge in [-0.05, 0) is 52.0 Å². The molecule has 13 nitrogen and oxygen atoms in total. The molecule has 15 heteroatoms. The molecule has 2 atom stereocenters. The van der Waals surface area contributed by atoms with E-state index in [1.54, 1.807) is 39.8 Å². The Morgan fingerprint density at radius 3 is 2.28 bits per heavy atom. The lowest BCUT2D eigenvalue weighted by molar-refractivity contribution is -0.149. The molecule has 0 bridgehead atoms. The highest BCUT2D eigenvalue weighted by molar-refractivity contribution is 8.00. The van der Waals surface area contributed by atoms with Crippen LogP contribution in [-0.4, -0.2) is 77.6 Å². The van der Waals surface area contributed by atoms with E-state index in [1.165, 1.54) is 48.2 Å². The van der Waals surface area contributed by atoms with Gasteiger partial charge in [0.1, 0.15) is 29.3 Å². The molecule has 0 spiro atoms. The number of carbonyl (C=O) groups is 5. The van der Waals surface area contributed by atoms with Crippen molar-refractivity contribution in [3.05, 3.63) is 76.5 Å². The molecule has 228 valence electrons. The standard InChI is InChI=1S/C28H29N3O10S2/c1-15-9-11-17(12-10-15)43(38,39)30-22(32)18-7-5-6-8-19(18)26(36)40-13-16-14-42-24-20(29-27(37)41-28(2,3)4)23(33)31(24)21(16)25(34)35/h5-12,20,24H,13-14H2,1-4H3,(H,29,37)(H,30,32)(H,34,35)/t20-,24-/m1/s1. The number of amides is 3. The number of nitrogens with one attached hydrogen (secondary N) is 2.